The Morgan fingerprint density at radius 1 is 1.03 bits per heavy atom. The van der Waals surface area contributed by atoms with Crippen molar-refractivity contribution in [3.05, 3.63) is 71.3 Å². The summed E-state index contributed by atoms with van der Waals surface area (Å²) in [5.41, 5.74) is 4.68. The highest BCUT2D eigenvalue weighted by molar-refractivity contribution is 6.01. The molecule has 5 rings (SSSR count). The summed E-state index contributed by atoms with van der Waals surface area (Å²) >= 11 is 0. The molecule has 1 fully saturated rings. The normalized spacial score (nSPS) is 15.6. The summed E-state index contributed by atoms with van der Waals surface area (Å²) in [6, 6.07) is 18.1. The fourth-order valence-corrected chi connectivity index (χ4v) is 4.23. The van der Waals surface area contributed by atoms with Crippen molar-refractivity contribution >= 4 is 11.7 Å². The molecule has 0 unspecified atom stereocenters. The lowest BCUT2D eigenvalue weighted by atomic mass is 9.94. The second-order valence-corrected chi connectivity index (χ2v) is 8.90. The number of aryl methyl sites for hydroxylation is 1. The van der Waals surface area contributed by atoms with E-state index in [1.165, 1.54) is 5.56 Å². The lowest BCUT2D eigenvalue weighted by Gasteiger charge is -2.17. The predicted octanol–water partition coefficient (Wildman–Crippen LogP) is 4.52. The highest BCUT2D eigenvalue weighted by Gasteiger charge is 2.51. The molecule has 164 valence electrons. The Labute approximate surface area is 188 Å². The predicted molar refractivity (Wildman–Crippen MR) is 124 cm³/mol. The molecule has 1 amide bonds. The standard InChI is InChI=1S/C26H27N3O3/c1-17-4-11-23(27-24(17)19-7-5-18(6-8-19)15-29(2)3)28-25(30)26(12-13-26)20-9-10-21-22(14-20)32-16-31-21/h4-11,14H,12-13,15-16H2,1-3H3,(H,27,28,30). The smallest absolute Gasteiger partial charge is 0.236 e. The van der Waals surface area contributed by atoms with Crippen LogP contribution in [0.25, 0.3) is 11.3 Å². The van der Waals surface area contributed by atoms with E-state index >= 15 is 0 Å². The van der Waals surface area contributed by atoms with Crippen molar-refractivity contribution in [2.75, 3.05) is 26.2 Å². The first kappa shape index (κ1) is 20.5. The molecule has 2 aliphatic rings. The summed E-state index contributed by atoms with van der Waals surface area (Å²) < 4.78 is 10.9. The van der Waals surface area contributed by atoms with Gasteiger partial charge in [-0.15, -0.1) is 0 Å². The van der Waals surface area contributed by atoms with Crippen molar-refractivity contribution in [3.8, 4) is 22.8 Å². The Morgan fingerprint density at radius 3 is 2.50 bits per heavy atom. The number of carbonyl (C=O) groups excluding carboxylic acids is 1. The van der Waals surface area contributed by atoms with Crippen LogP contribution in [0.1, 0.15) is 29.5 Å². The zero-order valence-corrected chi connectivity index (χ0v) is 18.6. The van der Waals surface area contributed by atoms with E-state index in [4.69, 9.17) is 14.5 Å². The number of nitrogens with one attached hydrogen (secondary N) is 1. The quantitative estimate of drug-likeness (QED) is 0.624. The zero-order valence-electron chi connectivity index (χ0n) is 18.6. The third-order valence-electron chi connectivity index (χ3n) is 6.17. The third-order valence-corrected chi connectivity index (χ3v) is 6.17. The molecule has 0 atom stereocenters. The van der Waals surface area contributed by atoms with Gasteiger partial charge < -0.3 is 19.7 Å². The molecule has 2 heterocycles. The van der Waals surface area contributed by atoms with Crippen LogP contribution in [0.3, 0.4) is 0 Å². The van der Waals surface area contributed by atoms with Crippen LogP contribution in [0.4, 0.5) is 5.82 Å². The maximum atomic E-state index is 13.2. The summed E-state index contributed by atoms with van der Waals surface area (Å²) in [5, 5.41) is 3.06. The Balaban J connectivity index is 1.36. The molecule has 3 aromatic rings. The molecule has 1 saturated carbocycles. The number of anilines is 1. The summed E-state index contributed by atoms with van der Waals surface area (Å²) in [5.74, 6) is 1.97. The second-order valence-electron chi connectivity index (χ2n) is 8.90. The SMILES string of the molecule is Cc1ccc(NC(=O)C2(c3ccc4c(c3)OCO4)CC2)nc1-c1ccc(CN(C)C)cc1. The molecule has 32 heavy (non-hydrogen) atoms. The third kappa shape index (κ3) is 3.82. The fourth-order valence-electron chi connectivity index (χ4n) is 4.23. The fraction of sp³-hybridized carbons (Fsp3) is 0.308. The largest absolute Gasteiger partial charge is 0.454 e. The number of benzene rings is 2. The monoisotopic (exact) mass is 429 g/mol. The number of aromatic nitrogens is 1. The number of hydrogen-bond donors (Lipinski definition) is 1. The van der Waals surface area contributed by atoms with E-state index in [1.54, 1.807) is 0 Å². The van der Waals surface area contributed by atoms with Crippen molar-refractivity contribution in [1.29, 1.82) is 0 Å². The van der Waals surface area contributed by atoms with Crippen LogP contribution in [0, 0.1) is 6.92 Å². The van der Waals surface area contributed by atoms with Gasteiger partial charge in [0.1, 0.15) is 5.82 Å². The van der Waals surface area contributed by atoms with Gasteiger partial charge in [-0.1, -0.05) is 36.4 Å². The van der Waals surface area contributed by atoms with Gasteiger partial charge in [-0.25, -0.2) is 4.98 Å². The molecule has 1 N–H and O–H groups in total. The van der Waals surface area contributed by atoms with E-state index in [-0.39, 0.29) is 12.7 Å². The van der Waals surface area contributed by atoms with Gasteiger partial charge in [-0.3, -0.25) is 4.79 Å². The first-order chi connectivity index (χ1) is 15.4. The molecular weight excluding hydrogens is 402 g/mol. The van der Waals surface area contributed by atoms with Gasteiger partial charge in [-0.05, 0) is 68.8 Å². The van der Waals surface area contributed by atoms with Crippen molar-refractivity contribution in [3.63, 3.8) is 0 Å². The molecule has 1 aliphatic carbocycles. The minimum Gasteiger partial charge on any atom is -0.454 e. The van der Waals surface area contributed by atoms with Crippen molar-refractivity contribution in [2.45, 2.75) is 31.7 Å². The van der Waals surface area contributed by atoms with Gasteiger partial charge >= 0.3 is 0 Å². The van der Waals surface area contributed by atoms with Crippen molar-refractivity contribution in [1.82, 2.24) is 9.88 Å². The number of carbonyl (C=O) groups is 1. The molecule has 0 bridgehead atoms. The number of amides is 1. The first-order valence-electron chi connectivity index (χ1n) is 10.9. The average molecular weight is 430 g/mol. The molecule has 1 aromatic heterocycles. The van der Waals surface area contributed by atoms with Gasteiger partial charge in [0.2, 0.25) is 12.7 Å². The Morgan fingerprint density at radius 2 is 1.78 bits per heavy atom. The summed E-state index contributed by atoms with van der Waals surface area (Å²) in [6.07, 6.45) is 1.62. The topological polar surface area (TPSA) is 63.7 Å². The second kappa shape index (κ2) is 7.95. The lowest BCUT2D eigenvalue weighted by Crippen LogP contribution is -2.28. The average Bonchev–Trinajstić information content (AvgIpc) is 3.46. The van der Waals surface area contributed by atoms with Crippen LogP contribution < -0.4 is 14.8 Å². The van der Waals surface area contributed by atoms with E-state index in [9.17, 15) is 4.79 Å². The maximum Gasteiger partial charge on any atom is 0.236 e. The number of ether oxygens (including phenoxy) is 2. The van der Waals surface area contributed by atoms with Gasteiger partial charge in [-0.2, -0.15) is 0 Å². The number of fused-ring (bicyclic) bond motifs is 1. The van der Waals surface area contributed by atoms with Crippen molar-refractivity contribution < 1.29 is 14.3 Å². The lowest BCUT2D eigenvalue weighted by molar-refractivity contribution is -0.118. The van der Waals surface area contributed by atoms with Crippen LogP contribution in [-0.4, -0.2) is 36.7 Å². The maximum absolute atomic E-state index is 13.2. The summed E-state index contributed by atoms with van der Waals surface area (Å²) in [7, 11) is 4.12. The first-order valence-corrected chi connectivity index (χ1v) is 10.9. The molecule has 2 aromatic carbocycles. The Kier molecular flexibility index (Phi) is 5.10. The van der Waals surface area contributed by atoms with Gasteiger partial charge in [0.05, 0.1) is 11.1 Å². The van der Waals surface area contributed by atoms with E-state index in [0.29, 0.717) is 11.6 Å². The Hall–Kier alpha value is -3.38. The van der Waals surface area contributed by atoms with Crippen molar-refractivity contribution in [2.24, 2.45) is 0 Å². The van der Waals surface area contributed by atoms with Gasteiger partial charge in [0.25, 0.3) is 0 Å². The molecule has 0 radical (unpaired) electrons. The van der Waals surface area contributed by atoms with E-state index in [2.05, 4.69) is 48.6 Å². The number of rotatable bonds is 6. The highest BCUT2D eigenvalue weighted by atomic mass is 16.7. The van der Waals surface area contributed by atoms with Crippen LogP contribution >= 0.6 is 0 Å². The van der Waals surface area contributed by atoms with Gasteiger partial charge in [0, 0.05) is 12.1 Å². The number of hydrogen-bond acceptors (Lipinski definition) is 5. The molecule has 6 nitrogen and oxygen atoms in total. The van der Waals surface area contributed by atoms with E-state index < -0.39 is 5.41 Å². The van der Waals surface area contributed by atoms with Crippen LogP contribution in [0.15, 0.2) is 54.6 Å². The summed E-state index contributed by atoms with van der Waals surface area (Å²) in [6.45, 7) is 3.16. The van der Waals surface area contributed by atoms with Gasteiger partial charge in [0.15, 0.2) is 11.5 Å². The summed E-state index contributed by atoms with van der Waals surface area (Å²) in [4.78, 5) is 20.2. The molecule has 0 spiro atoms. The molecule has 1 aliphatic heterocycles. The highest BCUT2D eigenvalue weighted by Crippen LogP contribution is 2.51. The minimum atomic E-state index is -0.526. The number of nitrogens with zero attached hydrogens (tertiary/aromatic N) is 2. The molecular formula is C26H27N3O3. The van der Waals surface area contributed by atoms with Crippen LogP contribution in [0.5, 0.6) is 11.5 Å². The Bertz CT molecular complexity index is 1170. The minimum absolute atomic E-state index is 0.0278. The van der Waals surface area contributed by atoms with E-state index in [0.717, 1.165) is 47.5 Å². The van der Waals surface area contributed by atoms with Crippen LogP contribution in [-0.2, 0) is 16.8 Å². The van der Waals surface area contributed by atoms with Crippen LogP contribution in [0.2, 0.25) is 0 Å². The molecule has 6 heteroatoms. The molecule has 0 saturated heterocycles. The van der Waals surface area contributed by atoms with E-state index in [1.807, 2.05) is 37.3 Å². The zero-order chi connectivity index (χ0) is 22.3. The number of pyridine rings is 1.